The fourth-order valence-corrected chi connectivity index (χ4v) is 2.12. The van der Waals surface area contributed by atoms with E-state index >= 15 is 0 Å². The van der Waals surface area contributed by atoms with Crippen molar-refractivity contribution in [2.75, 3.05) is 0 Å². The van der Waals surface area contributed by atoms with Gasteiger partial charge >= 0.3 is 0 Å². The molecule has 0 saturated carbocycles. The molecule has 102 valence electrons. The molecule has 0 spiro atoms. The maximum atomic E-state index is 12.1. The maximum Gasteiger partial charge on any atom is 0.240 e. The second-order valence-electron chi connectivity index (χ2n) is 5.21. The van der Waals surface area contributed by atoms with Gasteiger partial charge in [-0.1, -0.05) is 13.3 Å². The minimum atomic E-state index is -0.806. The van der Waals surface area contributed by atoms with Crippen LogP contribution in [0.3, 0.4) is 0 Å². The number of aryl methyl sites for hydroxylation is 2. The van der Waals surface area contributed by atoms with Gasteiger partial charge in [0.15, 0.2) is 0 Å². The molecule has 0 aliphatic carbocycles. The fourth-order valence-electron chi connectivity index (χ4n) is 2.12. The summed E-state index contributed by atoms with van der Waals surface area (Å²) in [6, 6.07) is -0.0778. The molecule has 0 fully saturated rings. The lowest BCUT2D eigenvalue weighted by atomic mass is 9.95. The predicted molar refractivity (Wildman–Crippen MR) is 72.0 cm³/mol. The predicted octanol–water partition coefficient (Wildman–Crippen LogP) is 1.42. The number of carbonyl (C=O) groups excluding carboxylic acids is 1. The van der Waals surface area contributed by atoms with Gasteiger partial charge in [0.2, 0.25) is 5.91 Å². The third-order valence-corrected chi connectivity index (χ3v) is 3.15. The second-order valence-corrected chi connectivity index (χ2v) is 5.21. The lowest BCUT2D eigenvalue weighted by molar-refractivity contribution is -0.126. The van der Waals surface area contributed by atoms with Crippen LogP contribution in [0.2, 0.25) is 0 Å². The highest BCUT2D eigenvalue weighted by atomic mass is 16.2. The van der Waals surface area contributed by atoms with Gasteiger partial charge in [-0.3, -0.25) is 9.48 Å². The van der Waals surface area contributed by atoms with Crippen LogP contribution in [0.15, 0.2) is 6.20 Å². The highest BCUT2D eigenvalue weighted by Crippen LogP contribution is 2.17. The minimum absolute atomic E-state index is 0.0778. The molecule has 1 aromatic heterocycles. The fraction of sp³-hybridized carbons (Fsp3) is 0.692. The van der Waals surface area contributed by atoms with Gasteiger partial charge in [-0.2, -0.15) is 5.10 Å². The van der Waals surface area contributed by atoms with Gasteiger partial charge in [0.1, 0.15) is 0 Å². The van der Waals surface area contributed by atoms with E-state index in [4.69, 9.17) is 5.73 Å². The third kappa shape index (κ3) is 3.32. The molecular weight excluding hydrogens is 228 g/mol. The van der Waals surface area contributed by atoms with Crippen LogP contribution in [0.5, 0.6) is 0 Å². The molecule has 5 nitrogen and oxygen atoms in total. The summed E-state index contributed by atoms with van der Waals surface area (Å²) in [7, 11) is 1.87. The molecule has 0 radical (unpaired) electrons. The second kappa shape index (κ2) is 5.52. The lowest BCUT2D eigenvalue weighted by Crippen LogP contribution is -2.52. The monoisotopic (exact) mass is 252 g/mol. The van der Waals surface area contributed by atoms with E-state index in [0.29, 0.717) is 6.42 Å². The molecule has 1 heterocycles. The number of aromatic nitrogens is 2. The zero-order valence-corrected chi connectivity index (χ0v) is 11.9. The van der Waals surface area contributed by atoms with E-state index < -0.39 is 5.54 Å². The summed E-state index contributed by atoms with van der Waals surface area (Å²) in [4.78, 5) is 12.1. The normalized spacial score (nSPS) is 16.1. The number of rotatable bonds is 5. The van der Waals surface area contributed by atoms with Gasteiger partial charge in [-0.15, -0.1) is 0 Å². The van der Waals surface area contributed by atoms with Crippen molar-refractivity contribution in [2.45, 2.75) is 52.1 Å². The van der Waals surface area contributed by atoms with Crippen LogP contribution in [-0.2, 0) is 11.8 Å². The van der Waals surface area contributed by atoms with Gasteiger partial charge < -0.3 is 11.1 Å². The largest absolute Gasteiger partial charge is 0.348 e. The zero-order chi connectivity index (χ0) is 13.9. The Kier molecular flexibility index (Phi) is 4.51. The van der Waals surface area contributed by atoms with Crippen molar-refractivity contribution >= 4 is 5.91 Å². The molecule has 1 amide bonds. The van der Waals surface area contributed by atoms with E-state index in [1.165, 1.54) is 0 Å². The van der Waals surface area contributed by atoms with Crippen LogP contribution in [-0.4, -0.2) is 21.2 Å². The molecule has 18 heavy (non-hydrogen) atoms. The zero-order valence-electron chi connectivity index (χ0n) is 11.9. The van der Waals surface area contributed by atoms with Crippen LogP contribution < -0.4 is 11.1 Å². The molecule has 2 unspecified atom stereocenters. The number of hydrogen-bond donors (Lipinski definition) is 2. The SMILES string of the molecule is CCCC(C)(N)C(=O)NC(C)c1cn(C)nc1C. The number of amides is 1. The number of carbonyl (C=O) groups is 1. The number of nitrogens with zero attached hydrogens (tertiary/aromatic N) is 2. The van der Waals surface area contributed by atoms with Crippen molar-refractivity contribution in [3.05, 3.63) is 17.5 Å². The average molecular weight is 252 g/mol. The summed E-state index contributed by atoms with van der Waals surface area (Å²) in [5.74, 6) is -0.111. The van der Waals surface area contributed by atoms with Crippen molar-refractivity contribution in [3.63, 3.8) is 0 Å². The molecule has 0 aliphatic rings. The van der Waals surface area contributed by atoms with Gasteiger partial charge in [-0.25, -0.2) is 0 Å². The molecule has 2 atom stereocenters. The van der Waals surface area contributed by atoms with E-state index in [0.717, 1.165) is 17.7 Å². The molecule has 0 bridgehead atoms. The molecule has 1 aromatic rings. The van der Waals surface area contributed by atoms with Gasteiger partial charge in [-0.05, 0) is 27.2 Å². The number of hydrogen-bond acceptors (Lipinski definition) is 3. The average Bonchev–Trinajstić information content (AvgIpc) is 2.57. The number of nitrogens with two attached hydrogens (primary N) is 1. The van der Waals surface area contributed by atoms with Gasteiger partial charge in [0, 0.05) is 18.8 Å². The highest BCUT2D eigenvalue weighted by molar-refractivity contribution is 5.85. The highest BCUT2D eigenvalue weighted by Gasteiger charge is 2.28. The number of nitrogens with one attached hydrogen (secondary N) is 1. The van der Waals surface area contributed by atoms with Gasteiger partial charge in [0.05, 0.1) is 17.3 Å². The van der Waals surface area contributed by atoms with Crippen molar-refractivity contribution < 1.29 is 4.79 Å². The minimum Gasteiger partial charge on any atom is -0.348 e. The van der Waals surface area contributed by atoms with Crippen LogP contribution in [0.1, 0.15) is 50.9 Å². The topological polar surface area (TPSA) is 72.9 Å². The van der Waals surface area contributed by atoms with E-state index in [9.17, 15) is 4.79 Å². The van der Waals surface area contributed by atoms with Crippen LogP contribution >= 0.6 is 0 Å². The Hall–Kier alpha value is -1.36. The Labute approximate surface area is 109 Å². The van der Waals surface area contributed by atoms with Crippen molar-refractivity contribution in [1.82, 2.24) is 15.1 Å². The van der Waals surface area contributed by atoms with Crippen LogP contribution in [0, 0.1) is 6.92 Å². The first-order chi connectivity index (χ1) is 8.27. The van der Waals surface area contributed by atoms with E-state index in [1.54, 1.807) is 11.6 Å². The molecule has 0 aliphatic heterocycles. The lowest BCUT2D eigenvalue weighted by Gasteiger charge is -2.25. The summed E-state index contributed by atoms with van der Waals surface area (Å²) in [6.07, 6.45) is 3.49. The van der Waals surface area contributed by atoms with Crippen LogP contribution in [0.25, 0.3) is 0 Å². The van der Waals surface area contributed by atoms with E-state index in [-0.39, 0.29) is 11.9 Å². The van der Waals surface area contributed by atoms with Crippen LogP contribution in [0.4, 0.5) is 0 Å². The first-order valence-corrected chi connectivity index (χ1v) is 6.38. The summed E-state index contributed by atoms with van der Waals surface area (Å²) < 4.78 is 1.75. The Morgan fingerprint density at radius 1 is 1.67 bits per heavy atom. The third-order valence-electron chi connectivity index (χ3n) is 3.15. The summed E-state index contributed by atoms with van der Waals surface area (Å²) in [5, 5.41) is 7.23. The molecule has 0 aromatic carbocycles. The summed E-state index contributed by atoms with van der Waals surface area (Å²) >= 11 is 0. The van der Waals surface area contributed by atoms with Gasteiger partial charge in [0.25, 0.3) is 0 Å². The van der Waals surface area contributed by atoms with Crippen molar-refractivity contribution in [3.8, 4) is 0 Å². The standard InChI is InChI=1S/C13H24N4O/c1-6-7-13(4,14)12(18)15-9(2)11-8-17(5)16-10(11)3/h8-9H,6-7,14H2,1-5H3,(H,15,18). The van der Waals surface area contributed by atoms with E-state index in [2.05, 4.69) is 10.4 Å². The van der Waals surface area contributed by atoms with E-state index in [1.807, 2.05) is 34.0 Å². The molecule has 3 N–H and O–H groups in total. The smallest absolute Gasteiger partial charge is 0.240 e. The molecular formula is C13H24N4O. The summed E-state index contributed by atoms with van der Waals surface area (Å²) in [5.41, 5.74) is 7.16. The Morgan fingerprint density at radius 2 is 2.28 bits per heavy atom. The molecule has 5 heteroatoms. The summed E-state index contributed by atoms with van der Waals surface area (Å²) in [6.45, 7) is 7.68. The first-order valence-electron chi connectivity index (χ1n) is 6.38. The van der Waals surface area contributed by atoms with Crippen molar-refractivity contribution in [2.24, 2.45) is 12.8 Å². The maximum absolute atomic E-state index is 12.1. The Morgan fingerprint density at radius 3 is 2.72 bits per heavy atom. The quantitative estimate of drug-likeness (QED) is 0.832. The first kappa shape index (κ1) is 14.7. The molecule has 0 saturated heterocycles. The Balaban J connectivity index is 2.73. The molecule has 1 rings (SSSR count). The Bertz CT molecular complexity index is 423. The van der Waals surface area contributed by atoms with Crippen molar-refractivity contribution in [1.29, 1.82) is 0 Å².